The first-order chi connectivity index (χ1) is 9.66. The van der Waals surface area contributed by atoms with Gasteiger partial charge in [0.25, 0.3) is 5.91 Å². The third-order valence-electron chi connectivity index (χ3n) is 2.74. The van der Waals surface area contributed by atoms with Crippen LogP contribution in [-0.2, 0) is 14.5 Å². The second kappa shape index (κ2) is 6.90. The molecule has 3 atom stereocenters. The lowest BCUT2D eigenvalue weighted by Gasteiger charge is -2.21. The normalized spacial score (nSPS) is 17.0. The molecule has 0 bridgehead atoms. The Kier molecular flexibility index (Phi) is 5.73. The number of alkyl halides is 3. The van der Waals surface area contributed by atoms with E-state index in [9.17, 15) is 27.3 Å². The molecule has 9 heteroatoms. The second-order valence-corrected chi connectivity index (χ2v) is 6.59. The largest absolute Gasteiger partial charge is 0.386 e. The Labute approximate surface area is 120 Å². The van der Waals surface area contributed by atoms with Crippen molar-refractivity contribution in [3.05, 3.63) is 29.8 Å². The number of nitrogens with one attached hydrogen (secondary N) is 2. The molecule has 1 unspecified atom stereocenters. The van der Waals surface area contributed by atoms with Crippen molar-refractivity contribution in [1.29, 1.82) is 4.78 Å². The van der Waals surface area contributed by atoms with Crippen LogP contribution in [0.1, 0.15) is 11.7 Å². The zero-order chi connectivity index (χ0) is 16.2. The van der Waals surface area contributed by atoms with E-state index in [1.54, 1.807) is 5.32 Å². The Morgan fingerprint density at radius 1 is 1.38 bits per heavy atom. The van der Waals surface area contributed by atoms with Crippen LogP contribution in [0.4, 0.5) is 13.2 Å². The van der Waals surface area contributed by atoms with Crippen LogP contribution in [0.2, 0.25) is 0 Å². The van der Waals surface area contributed by atoms with Crippen LogP contribution >= 0.6 is 0 Å². The molecule has 0 radical (unpaired) electrons. The fourth-order valence-electron chi connectivity index (χ4n) is 1.60. The number of hydrogen-bond donors (Lipinski definition) is 3. The van der Waals surface area contributed by atoms with Gasteiger partial charge in [0.2, 0.25) is 0 Å². The van der Waals surface area contributed by atoms with Crippen molar-refractivity contribution in [3.63, 3.8) is 0 Å². The van der Waals surface area contributed by atoms with Crippen molar-refractivity contribution in [2.24, 2.45) is 0 Å². The molecule has 0 heterocycles. The summed E-state index contributed by atoms with van der Waals surface area (Å²) in [5.74, 6) is -1.67. The summed E-state index contributed by atoms with van der Waals surface area (Å²) in [5, 5.41) is 11.6. The van der Waals surface area contributed by atoms with Crippen molar-refractivity contribution >= 4 is 15.6 Å². The maximum atomic E-state index is 12.8. The standard InChI is InChI=1S/C12H15F3N2O3S/c1-21(16,20)8-4-2-7(3-5-8)10(18)9(6-13)17-12(19)11(14)15/h2-5,9-11,16,18H,6H2,1H3,(H,17,19)/t9-,10-,21?/m1/s1. The van der Waals surface area contributed by atoms with Crippen LogP contribution in [0.5, 0.6) is 0 Å². The zero-order valence-corrected chi connectivity index (χ0v) is 11.9. The third-order valence-corrected chi connectivity index (χ3v) is 3.92. The SMILES string of the molecule is CS(=N)(=O)c1ccc([C@@H](O)[C@@H](CF)NC(=O)C(F)F)cc1. The van der Waals surface area contributed by atoms with Gasteiger partial charge >= 0.3 is 6.43 Å². The Balaban J connectivity index is 2.90. The summed E-state index contributed by atoms with van der Waals surface area (Å²) in [5.41, 5.74) is 0.152. The molecule has 1 amide bonds. The first-order valence-electron chi connectivity index (χ1n) is 5.83. The van der Waals surface area contributed by atoms with Gasteiger partial charge in [0, 0.05) is 11.2 Å². The predicted octanol–water partition coefficient (Wildman–Crippen LogP) is 1.47. The van der Waals surface area contributed by atoms with Gasteiger partial charge in [0.05, 0.1) is 15.8 Å². The van der Waals surface area contributed by atoms with E-state index in [1.807, 2.05) is 0 Å². The van der Waals surface area contributed by atoms with Crippen LogP contribution in [0, 0.1) is 4.78 Å². The van der Waals surface area contributed by atoms with Gasteiger partial charge in [-0.05, 0) is 17.7 Å². The maximum Gasteiger partial charge on any atom is 0.315 e. The Bertz CT molecular complexity index is 590. The summed E-state index contributed by atoms with van der Waals surface area (Å²) in [6, 6.07) is 3.72. The van der Waals surface area contributed by atoms with Crippen molar-refractivity contribution < 1.29 is 27.3 Å². The van der Waals surface area contributed by atoms with Gasteiger partial charge in [-0.2, -0.15) is 8.78 Å². The monoisotopic (exact) mass is 324 g/mol. The lowest BCUT2D eigenvalue weighted by Crippen LogP contribution is -2.43. The van der Waals surface area contributed by atoms with Gasteiger partial charge < -0.3 is 10.4 Å². The molecular weight excluding hydrogens is 309 g/mol. The molecule has 0 aliphatic rings. The first kappa shape index (κ1) is 17.4. The number of hydrogen-bond acceptors (Lipinski definition) is 4. The molecule has 0 saturated carbocycles. The van der Waals surface area contributed by atoms with Gasteiger partial charge in [-0.1, -0.05) is 12.1 Å². The number of amides is 1. The number of carbonyl (C=O) groups excluding carboxylic acids is 1. The van der Waals surface area contributed by atoms with E-state index in [1.165, 1.54) is 30.5 Å². The molecule has 1 rings (SSSR count). The summed E-state index contributed by atoms with van der Waals surface area (Å²) in [6.07, 6.45) is -3.63. The van der Waals surface area contributed by atoms with Crippen LogP contribution < -0.4 is 5.32 Å². The second-order valence-electron chi connectivity index (χ2n) is 4.43. The van der Waals surface area contributed by atoms with Crippen LogP contribution in [0.25, 0.3) is 0 Å². The summed E-state index contributed by atoms with van der Waals surface area (Å²) in [7, 11) is -2.93. The Hall–Kier alpha value is -1.61. The molecule has 0 spiro atoms. The topological polar surface area (TPSA) is 90.2 Å². The van der Waals surface area contributed by atoms with Gasteiger partial charge in [0.1, 0.15) is 12.8 Å². The van der Waals surface area contributed by atoms with Gasteiger partial charge in [0.15, 0.2) is 0 Å². The van der Waals surface area contributed by atoms with E-state index < -0.39 is 40.9 Å². The van der Waals surface area contributed by atoms with E-state index in [2.05, 4.69) is 0 Å². The van der Waals surface area contributed by atoms with E-state index in [4.69, 9.17) is 4.78 Å². The van der Waals surface area contributed by atoms with Gasteiger partial charge in [-0.15, -0.1) is 0 Å². The van der Waals surface area contributed by atoms with Crippen LogP contribution in [-0.4, -0.2) is 40.6 Å². The molecular formula is C12H15F3N2O3S. The van der Waals surface area contributed by atoms with Crippen molar-refractivity contribution in [2.45, 2.75) is 23.5 Å². The number of aliphatic hydroxyl groups is 1. The predicted molar refractivity (Wildman–Crippen MR) is 70.4 cm³/mol. The highest BCUT2D eigenvalue weighted by molar-refractivity contribution is 7.91. The van der Waals surface area contributed by atoms with E-state index in [0.29, 0.717) is 0 Å². The number of aliphatic hydroxyl groups excluding tert-OH is 1. The average Bonchev–Trinajstić information content (AvgIpc) is 2.42. The van der Waals surface area contributed by atoms with E-state index >= 15 is 0 Å². The number of carbonyl (C=O) groups is 1. The third kappa shape index (κ3) is 4.71. The van der Waals surface area contributed by atoms with Crippen molar-refractivity contribution in [2.75, 3.05) is 12.9 Å². The lowest BCUT2D eigenvalue weighted by atomic mass is 10.0. The molecule has 5 nitrogen and oxygen atoms in total. The van der Waals surface area contributed by atoms with Crippen molar-refractivity contribution in [3.8, 4) is 0 Å². The minimum atomic E-state index is -3.30. The molecule has 1 aromatic carbocycles. The summed E-state index contributed by atoms with van der Waals surface area (Å²) in [6.45, 7) is -1.23. The molecule has 1 aromatic rings. The molecule has 0 aliphatic carbocycles. The van der Waals surface area contributed by atoms with E-state index in [-0.39, 0.29) is 10.5 Å². The number of halogens is 3. The van der Waals surface area contributed by atoms with Crippen LogP contribution in [0.3, 0.4) is 0 Å². The first-order valence-corrected chi connectivity index (χ1v) is 7.79. The molecule has 21 heavy (non-hydrogen) atoms. The zero-order valence-electron chi connectivity index (χ0n) is 11.1. The van der Waals surface area contributed by atoms with Crippen molar-refractivity contribution in [1.82, 2.24) is 5.32 Å². The molecule has 118 valence electrons. The van der Waals surface area contributed by atoms with Gasteiger partial charge in [-0.25, -0.2) is 13.4 Å². The highest BCUT2D eigenvalue weighted by atomic mass is 32.2. The Morgan fingerprint density at radius 2 is 1.90 bits per heavy atom. The minimum absolute atomic E-state index is 0.152. The molecule has 0 fully saturated rings. The molecule has 3 N–H and O–H groups in total. The van der Waals surface area contributed by atoms with Gasteiger partial charge in [-0.3, -0.25) is 4.79 Å². The highest BCUT2D eigenvalue weighted by Gasteiger charge is 2.26. The van der Waals surface area contributed by atoms with Crippen LogP contribution in [0.15, 0.2) is 29.2 Å². The molecule has 0 aromatic heterocycles. The fourth-order valence-corrected chi connectivity index (χ4v) is 2.26. The lowest BCUT2D eigenvalue weighted by molar-refractivity contribution is -0.133. The minimum Gasteiger partial charge on any atom is -0.386 e. The fraction of sp³-hybridized carbons (Fsp3) is 0.417. The highest BCUT2D eigenvalue weighted by Crippen LogP contribution is 2.20. The number of rotatable bonds is 6. The number of benzene rings is 1. The Morgan fingerprint density at radius 3 is 2.29 bits per heavy atom. The molecule has 0 aliphatic heterocycles. The maximum absolute atomic E-state index is 12.8. The molecule has 0 saturated heterocycles. The van der Waals surface area contributed by atoms with E-state index in [0.717, 1.165) is 0 Å². The summed E-state index contributed by atoms with van der Waals surface area (Å²) >= 11 is 0. The smallest absolute Gasteiger partial charge is 0.315 e. The summed E-state index contributed by atoms with van der Waals surface area (Å²) < 4.78 is 55.9. The summed E-state index contributed by atoms with van der Waals surface area (Å²) in [4.78, 5) is 11.0. The quantitative estimate of drug-likeness (QED) is 0.740. The average molecular weight is 324 g/mol.